The number of nitrogens with two attached hydrogens (primary N) is 1. The zero-order valence-electron chi connectivity index (χ0n) is 8.38. The van der Waals surface area contributed by atoms with Gasteiger partial charge in [0, 0.05) is 5.75 Å². The molecule has 0 saturated carbocycles. The standard InChI is InChI=1S/C8H12FN3O3S/c9-4-1-12(8(14)11-7(4)10)5-3-16-6(2-13)15-5/h4-6,13H,1-3H2,(H2,10,11,14). The van der Waals surface area contributed by atoms with Crippen molar-refractivity contribution in [3.63, 3.8) is 0 Å². The lowest BCUT2D eigenvalue weighted by Crippen LogP contribution is -2.51. The minimum Gasteiger partial charge on any atom is -0.393 e. The topological polar surface area (TPSA) is 88.2 Å². The molecule has 3 N–H and O–H groups in total. The first-order chi connectivity index (χ1) is 7.61. The molecular weight excluding hydrogens is 237 g/mol. The lowest BCUT2D eigenvalue weighted by molar-refractivity contribution is -0.0400. The van der Waals surface area contributed by atoms with Gasteiger partial charge in [-0.2, -0.15) is 4.99 Å². The van der Waals surface area contributed by atoms with E-state index >= 15 is 0 Å². The smallest absolute Gasteiger partial charge is 0.347 e. The summed E-state index contributed by atoms with van der Waals surface area (Å²) < 4.78 is 18.6. The summed E-state index contributed by atoms with van der Waals surface area (Å²) in [6, 6.07) is -0.587. The number of amides is 2. The fourth-order valence-corrected chi connectivity index (χ4v) is 2.48. The van der Waals surface area contributed by atoms with Crippen molar-refractivity contribution < 1.29 is 19.0 Å². The van der Waals surface area contributed by atoms with Crippen molar-refractivity contribution in [2.45, 2.75) is 17.8 Å². The third-order valence-corrected chi connectivity index (χ3v) is 3.49. The first-order valence-corrected chi connectivity index (χ1v) is 5.83. The van der Waals surface area contributed by atoms with Crippen LogP contribution in [-0.4, -0.2) is 58.6 Å². The predicted molar refractivity (Wildman–Crippen MR) is 56.8 cm³/mol. The number of thioether (sulfide) groups is 1. The Morgan fingerprint density at radius 3 is 3.12 bits per heavy atom. The van der Waals surface area contributed by atoms with Crippen molar-refractivity contribution >= 4 is 23.6 Å². The monoisotopic (exact) mass is 249 g/mol. The number of nitrogens with zero attached hydrogens (tertiary/aromatic N) is 2. The largest absolute Gasteiger partial charge is 0.393 e. The SMILES string of the molecule is NC1=NC(=O)N(C2CSC(CO)O2)CC1F. The first kappa shape index (κ1) is 11.6. The number of alkyl halides is 1. The number of urea groups is 1. The highest BCUT2D eigenvalue weighted by atomic mass is 32.2. The molecule has 2 aliphatic heterocycles. The molecule has 0 spiro atoms. The van der Waals surface area contributed by atoms with Gasteiger partial charge in [0.2, 0.25) is 0 Å². The lowest BCUT2D eigenvalue weighted by Gasteiger charge is -2.30. The van der Waals surface area contributed by atoms with Crippen LogP contribution in [0.1, 0.15) is 0 Å². The molecule has 0 aliphatic carbocycles. The fraction of sp³-hybridized carbons (Fsp3) is 0.750. The third-order valence-electron chi connectivity index (χ3n) is 2.38. The molecule has 3 atom stereocenters. The van der Waals surface area contributed by atoms with E-state index in [0.717, 1.165) is 0 Å². The number of aliphatic hydroxyl groups is 1. The van der Waals surface area contributed by atoms with Crippen LogP contribution in [-0.2, 0) is 4.74 Å². The number of amidine groups is 1. The van der Waals surface area contributed by atoms with E-state index in [1.165, 1.54) is 16.7 Å². The number of carbonyl (C=O) groups is 1. The maximum absolute atomic E-state index is 13.3. The van der Waals surface area contributed by atoms with E-state index in [-0.39, 0.29) is 24.4 Å². The number of halogens is 1. The quantitative estimate of drug-likeness (QED) is 0.690. The Morgan fingerprint density at radius 2 is 2.50 bits per heavy atom. The molecule has 90 valence electrons. The number of aliphatic imine (C=N–C) groups is 1. The second-order valence-electron chi connectivity index (χ2n) is 3.48. The Hall–Kier alpha value is -0.860. The molecule has 2 heterocycles. The van der Waals surface area contributed by atoms with Gasteiger partial charge in [-0.15, -0.1) is 11.8 Å². The Morgan fingerprint density at radius 1 is 1.75 bits per heavy atom. The molecule has 6 nitrogen and oxygen atoms in total. The average Bonchev–Trinajstić information content (AvgIpc) is 2.71. The van der Waals surface area contributed by atoms with Crippen molar-refractivity contribution in [1.82, 2.24) is 4.90 Å². The van der Waals surface area contributed by atoms with Crippen LogP contribution in [0.25, 0.3) is 0 Å². The molecule has 8 heteroatoms. The average molecular weight is 249 g/mol. The Labute approximate surface area is 95.6 Å². The highest BCUT2D eigenvalue weighted by Crippen LogP contribution is 2.28. The van der Waals surface area contributed by atoms with Crippen LogP contribution in [0.3, 0.4) is 0 Å². The minimum atomic E-state index is -1.44. The van der Waals surface area contributed by atoms with Gasteiger partial charge in [-0.25, -0.2) is 9.18 Å². The Kier molecular flexibility index (Phi) is 3.31. The number of rotatable bonds is 2. The lowest BCUT2D eigenvalue weighted by atomic mass is 10.3. The van der Waals surface area contributed by atoms with Gasteiger partial charge in [0.25, 0.3) is 0 Å². The summed E-state index contributed by atoms with van der Waals surface area (Å²) in [5, 5.41) is 8.87. The molecule has 2 aliphatic rings. The third kappa shape index (κ3) is 2.13. The molecule has 0 aromatic rings. The van der Waals surface area contributed by atoms with Crippen molar-refractivity contribution in [2.75, 3.05) is 18.9 Å². The molecular formula is C8H12FN3O3S. The van der Waals surface area contributed by atoms with Gasteiger partial charge in [0.1, 0.15) is 17.5 Å². The fourth-order valence-electron chi connectivity index (χ4n) is 1.53. The summed E-state index contributed by atoms with van der Waals surface area (Å²) in [4.78, 5) is 16.1. The van der Waals surface area contributed by atoms with Gasteiger partial charge in [-0.05, 0) is 0 Å². The van der Waals surface area contributed by atoms with Gasteiger partial charge in [0.05, 0.1) is 13.2 Å². The minimum absolute atomic E-state index is 0.131. The molecule has 2 rings (SSSR count). The summed E-state index contributed by atoms with van der Waals surface area (Å²) in [5.41, 5.74) is 4.86. The molecule has 16 heavy (non-hydrogen) atoms. The van der Waals surface area contributed by atoms with E-state index in [4.69, 9.17) is 15.6 Å². The van der Waals surface area contributed by atoms with Crippen LogP contribution in [0.4, 0.5) is 9.18 Å². The van der Waals surface area contributed by atoms with Crippen LogP contribution in [0.2, 0.25) is 0 Å². The van der Waals surface area contributed by atoms with Crippen molar-refractivity contribution in [3.8, 4) is 0 Å². The van der Waals surface area contributed by atoms with Gasteiger partial charge in [0.15, 0.2) is 6.17 Å². The molecule has 0 aromatic carbocycles. The molecule has 1 fully saturated rings. The molecule has 0 bridgehead atoms. The zero-order valence-corrected chi connectivity index (χ0v) is 9.19. The van der Waals surface area contributed by atoms with Crippen LogP contribution < -0.4 is 5.73 Å². The molecule has 2 amide bonds. The van der Waals surface area contributed by atoms with Crippen molar-refractivity contribution in [2.24, 2.45) is 10.7 Å². The van der Waals surface area contributed by atoms with Gasteiger partial charge in [-0.1, -0.05) is 0 Å². The van der Waals surface area contributed by atoms with Crippen LogP contribution in [0.15, 0.2) is 4.99 Å². The van der Waals surface area contributed by atoms with E-state index in [1.807, 2.05) is 0 Å². The van der Waals surface area contributed by atoms with Crippen molar-refractivity contribution in [1.29, 1.82) is 0 Å². The summed E-state index contributed by atoms with van der Waals surface area (Å²) in [6.07, 6.45) is -1.98. The summed E-state index contributed by atoms with van der Waals surface area (Å²) in [5.74, 6) is 0.213. The first-order valence-electron chi connectivity index (χ1n) is 4.78. The van der Waals surface area contributed by atoms with Crippen LogP contribution in [0.5, 0.6) is 0 Å². The van der Waals surface area contributed by atoms with E-state index in [2.05, 4.69) is 4.99 Å². The summed E-state index contributed by atoms with van der Waals surface area (Å²) >= 11 is 1.38. The van der Waals surface area contributed by atoms with Gasteiger partial charge >= 0.3 is 6.03 Å². The zero-order chi connectivity index (χ0) is 11.7. The molecule has 3 unspecified atom stereocenters. The second kappa shape index (κ2) is 4.56. The highest BCUT2D eigenvalue weighted by Gasteiger charge is 2.37. The van der Waals surface area contributed by atoms with Crippen molar-refractivity contribution in [3.05, 3.63) is 0 Å². The molecule has 1 saturated heterocycles. The number of carbonyl (C=O) groups excluding carboxylic acids is 1. The number of hydrogen-bond acceptors (Lipinski definition) is 5. The highest BCUT2D eigenvalue weighted by molar-refractivity contribution is 8.00. The maximum atomic E-state index is 13.3. The predicted octanol–water partition coefficient (Wildman–Crippen LogP) is -0.475. The number of ether oxygens (including phenoxy) is 1. The van der Waals surface area contributed by atoms with E-state index in [1.54, 1.807) is 0 Å². The normalized spacial score (nSPS) is 35.4. The number of hydrogen-bond donors (Lipinski definition) is 2. The van der Waals surface area contributed by atoms with E-state index < -0.39 is 18.4 Å². The summed E-state index contributed by atoms with van der Waals surface area (Å²) in [6.45, 7) is -0.273. The Bertz CT molecular complexity index is 328. The van der Waals surface area contributed by atoms with Gasteiger partial charge < -0.3 is 15.6 Å². The van der Waals surface area contributed by atoms with Crippen LogP contribution in [0, 0.1) is 0 Å². The molecule has 0 radical (unpaired) electrons. The maximum Gasteiger partial charge on any atom is 0.347 e. The Balaban J connectivity index is 2.03. The van der Waals surface area contributed by atoms with Gasteiger partial charge in [-0.3, -0.25) is 4.90 Å². The molecule has 0 aromatic heterocycles. The van der Waals surface area contributed by atoms with Crippen LogP contribution >= 0.6 is 11.8 Å². The van der Waals surface area contributed by atoms with E-state index in [0.29, 0.717) is 5.75 Å². The number of aliphatic hydroxyl groups excluding tert-OH is 1. The second-order valence-corrected chi connectivity index (χ2v) is 4.67. The summed E-state index contributed by atoms with van der Waals surface area (Å²) in [7, 11) is 0. The van der Waals surface area contributed by atoms with E-state index in [9.17, 15) is 9.18 Å².